The summed E-state index contributed by atoms with van der Waals surface area (Å²) in [6, 6.07) is 0. The smallest absolute Gasteiger partial charge is 0.417 e. The highest BCUT2D eigenvalue weighted by Crippen LogP contribution is 2.17. The summed E-state index contributed by atoms with van der Waals surface area (Å²) in [6.45, 7) is 5.24. The van der Waals surface area contributed by atoms with Crippen LogP contribution in [0.25, 0.3) is 0 Å². The third-order valence-electron chi connectivity index (χ3n) is 12.1. The Bertz CT molecular complexity index is 689. The number of hydrogen-bond acceptors (Lipinski definition) is 4. The fraction of sp³-hybridized carbons (Fsp3) is 0.962. The summed E-state index contributed by atoms with van der Waals surface area (Å²) < 4.78 is 10.3. The first kappa shape index (κ1) is 54.9. The molecule has 0 saturated carbocycles. The Hall–Kier alpha value is -1.06. The van der Waals surface area contributed by atoms with Crippen LogP contribution in [0.4, 0.5) is 0 Å². The fourth-order valence-corrected chi connectivity index (χ4v) is 8.22. The van der Waals surface area contributed by atoms with E-state index in [0.29, 0.717) is 13.2 Å². The SMILES string of the molecule is CCCCCCCCCCCCCCCCCCCCCCCCCOC(=O)C(=O)OCCCCCCCCCCCCCCCCCCCCCCCCC. The van der Waals surface area contributed by atoms with Gasteiger partial charge in [0.25, 0.3) is 0 Å². The molecule has 0 bridgehead atoms. The summed E-state index contributed by atoms with van der Waals surface area (Å²) in [7, 11) is 0. The average molecular weight is 791 g/mol. The van der Waals surface area contributed by atoms with Gasteiger partial charge in [-0.15, -0.1) is 0 Å². The number of unbranched alkanes of at least 4 members (excludes halogenated alkanes) is 44. The van der Waals surface area contributed by atoms with Gasteiger partial charge >= 0.3 is 11.9 Å². The maximum absolute atomic E-state index is 11.9. The van der Waals surface area contributed by atoms with Gasteiger partial charge in [-0.2, -0.15) is 0 Å². The second-order valence-corrected chi connectivity index (χ2v) is 17.8. The van der Waals surface area contributed by atoms with E-state index in [2.05, 4.69) is 13.8 Å². The van der Waals surface area contributed by atoms with Gasteiger partial charge in [0.2, 0.25) is 0 Å². The predicted octanol–water partition coefficient (Wildman–Crippen LogP) is 18.1. The average Bonchev–Trinajstić information content (AvgIpc) is 3.20. The molecule has 0 unspecified atom stereocenters. The first-order valence-electron chi connectivity index (χ1n) is 26.1. The van der Waals surface area contributed by atoms with E-state index in [0.717, 1.165) is 25.7 Å². The summed E-state index contributed by atoms with van der Waals surface area (Å²) in [5.74, 6) is -1.64. The van der Waals surface area contributed by atoms with Gasteiger partial charge in [-0.1, -0.05) is 296 Å². The Morgan fingerprint density at radius 1 is 0.214 bits per heavy atom. The van der Waals surface area contributed by atoms with Gasteiger partial charge in [0.05, 0.1) is 13.2 Å². The third kappa shape index (κ3) is 47.3. The van der Waals surface area contributed by atoms with E-state index in [1.807, 2.05) is 0 Å². The van der Waals surface area contributed by atoms with Crippen molar-refractivity contribution in [2.75, 3.05) is 13.2 Å². The van der Waals surface area contributed by atoms with Gasteiger partial charge < -0.3 is 9.47 Å². The molecule has 0 spiro atoms. The van der Waals surface area contributed by atoms with Crippen molar-refractivity contribution in [3.63, 3.8) is 0 Å². The normalized spacial score (nSPS) is 11.4. The monoisotopic (exact) mass is 791 g/mol. The lowest BCUT2D eigenvalue weighted by Gasteiger charge is -2.06. The fourth-order valence-electron chi connectivity index (χ4n) is 8.22. The van der Waals surface area contributed by atoms with Gasteiger partial charge in [-0.3, -0.25) is 0 Å². The van der Waals surface area contributed by atoms with Crippen LogP contribution in [0.15, 0.2) is 0 Å². The Labute approximate surface area is 352 Å². The van der Waals surface area contributed by atoms with E-state index in [1.54, 1.807) is 0 Å². The van der Waals surface area contributed by atoms with Crippen molar-refractivity contribution in [1.82, 2.24) is 0 Å². The van der Waals surface area contributed by atoms with Crippen LogP contribution in [0.2, 0.25) is 0 Å². The molecule has 334 valence electrons. The standard InChI is InChI=1S/C52H102O4/c1-3-5-7-9-11-13-15-17-19-21-23-25-27-29-31-33-35-37-39-41-43-45-47-49-55-51(53)52(54)56-50-48-46-44-42-40-38-36-34-32-30-28-26-24-22-20-18-16-14-12-10-8-6-4-2/h3-50H2,1-2H3. The Morgan fingerprint density at radius 3 is 0.482 bits per heavy atom. The molecule has 0 amide bonds. The van der Waals surface area contributed by atoms with Crippen molar-refractivity contribution >= 4 is 11.9 Å². The Kier molecular flexibility index (Phi) is 49.1. The van der Waals surface area contributed by atoms with E-state index in [-0.39, 0.29) is 0 Å². The van der Waals surface area contributed by atoms with Crippen LogP contribution in [0.5, 0.6) is 0 Å². The first-order valence-corrected chi connectivity index (χ1v) is 26.1. The van der Waals surface area contributed by atoms with Crippen LogP contribution >= 0.6 is 0 Å². The van der Waals surface area contributed by atoms with Gasteiger partial charge in [-0.25, -0.2) is 9.59 Å². The molecule has 0 saturated heterocycles. The lowest BCUT2D eigenvalue weighted by Crippen LogP contribution is -2.21. The molecule has 0 N–H and O–H groups in total. The zero-order valence-electron chi connectivity index (χ0n) is 38.6. The van der Waals surface area contributed by atoms with E-state index in [4.69, 9.17) is 9.47 Å². The molecule has 0 aliphatic heterocycles. The second-order valence-electron chi connectivity index (χ2n) is 17.8. The van der Waals surface area contributed by atoms with Crippen LogP contribution < -0.4 is 0 Å². The second kappa shape index (κ2) is 50.1. The van der Waals surface area contributed by atoms with Gasteiger partial charge in [0.15, 0.2) is 0 Å². The number of carbonyl (C=O) groups excluding carboxylic acids is 2. The van der Waals surface area contributed by atoms with Crippen LogP contribution in [0, 0.1) is 0 Å². The van der Waals surface area contributed by atoms with E-state index >= 15 is 0 Å². The molecule has 56 heavy (non-hydrogen) atoms. The number of rotatable bonds is 48. The van der Waals surface area contributed by atoms with Crippen LogP contribution in [-0.2, 0) is 19.1 Å². The molecule has 0 rings (SSSR count). The maximum atomic E-state index is 11.9. The molecular formula is C52H102O4. The van der Waals surface area contributed by atoms with Crippen molar-refractivity contribution in [1.29, 1.82) is 0 Å². The molecule has 0 aromatic heterocycles. The van der Waals surface area contributed by atoms with E-state index in [1.165, 1.54) is 270 Å². The van der Waals surface area contributed by atoms with Crippen molar-refractivity contribution in [2.45, 2.75) is 309 Å². The molecule has 4 nitrogen and oxygen atoms in total. The number of carbonyl (C=O) groups is 2. The molecule has 0 aromatic rings. The van der Waals surface area contributed by atoms with Gasteiger partial charge in [0, 0.05) is 0 Å². The summed E-state index contributed by atoms with van der Waals surface area (Å²) in [4.78, 5) is 23.9. The number of esters is 2. The first-order chi connectivity index (χ1) is 27.7. The molecule has 0 fully saturated rings. The number of ether oxygens (including phenoxy) is 2. The van der Waals surface area contributed by atoms with Crippen molar-refractivity contribution in [3.05, 3.63) is 0 Å². The zero-order chi connectivity index (χ0) is 40.5. The molecule has 0 aliphatic carbocycles. The van der Waals surface area contributed by atoms with Crippen LogP contribution in [0.3, 0.4) is 0 Å². The third-order valence-corrected chi connectivity index (χ3v) is 12.1. The van der Waals surface area contributed by atoms with Crippen molar-refractivity contribution in [2.24, 2.45) is 0 Å². The highest BCUT2D eigenvalue weighted by Gasteiger charge is 2.16. The minimum atomic E-state index is -0.821. The predicted molar refractivity (Wildman–Crippen MR) is 246 cm³/mol. The molecule has 0 atom stereocenters. The Morgan fingerprint density at radius 2 is 0.339 bits per heavy atom. The summed E-state index contributed by atoms with van der Waals surface area (Å²) >= 11 is 0. The van der Waals surface area contributed by atoms with Crippen LogP contribution in [0.1, 0.15) is 309 Å². The summed E-state index contributed by atoms with van der Waals surface area (Å²) in [6.07, 6.45) is 62.6. The van der Waals surface area contributed by atoms with E-state index < -0.39 is 11.9 Å². The van der Waals surface area contributed by atoms with Gasteiger partial charge in [0.1, 0.15) is 0 Å². The van der Waals surface area contributed by atoms with Crippen LogP contribution in [-0.4, -0.2) is 25.2 Å². The largest absolute Gasteiger partial charge is 0.457 e. The molecule has 0 aliphatic rings. The van der Waals surface area contributed by atoms with Crippen molar-refractivity contribution in [3.8, 4) is 0 Å². The number of hydrogen-bond donors (Lipinski definition) is 0. The molecule has 0 radical (unpaired) electrons. The molecular weight excluding hydrogens is 689 g/mol. The highest BCUT2D eigenvalue weighted by atomic mass is 16.6. The molecule has 4 heteroatoms. The highest BCUT2D eigenvalue weighted by molar-refractivity contribution is 6.29. The summed E-state index contributed by atoms with van der Waals surface area (Å²) in [5, 5.41) is 0. The lowest BCUT2D eigenvalue weighted by atomic mass is 10.0. The minimum Gasteiger partial charge on any atom is -0.457 e. The lowest BCUT2D eigenvalue weighted by molar-refractivity contribution is -0.167. The maximum Gasteiger partial charge on any atom is 0.417 e. The molecule has 0 aromatic carbocycles. The van der Waals surface area contributed by atoms with Crippen molar-refractivity contribution < 1.29 is 19.1 Å². The van der Waals surface area contributed by atoms with E-state index in [9.17, 15) is 9.59 Å². The Balaban J connectivity index is 3.23. The quantitative estimate of drug-likeness (QED) is 0.0350. The molecule has 0 heterocycles. The topological polar surface area (TPSA) is 52.6 Å². The summed E-state index contributed by atoms with van der Waals surface area (Å²) in [5.41, 5.74) is 0. The minimum absolute atomic E-state index is 0.326. The zero-order valence-corrected chi connectivity index (χ0v) is 38.6. The van der Waals surface area contributed by atoms with Gasteiger partial charge in [-0.05, 0) is 12.8 Å².